The second-order valence-electron chi connectivity index (χ2n) is 8.40. The fourth-order valence-electron chi connectivity index (χ4n) is 3.77. The van der Waals surface area contributed by atoms with Crippen molar-refractivity contribution in [3.63, 3.8) is 0 Å². The number of hydrogen-bond acceptors (Lipinski definition) is 2. The summed E-state index contributed by atoms with van der Waals surface area (Å²) in [7, 11) is 0. The topological polar surface area (TPSA) is 49.4 Å². The molecule has 0 atom stereocenters. The number of benzene rings is 4. The van der Waals surface area contributed by atoms with Gasteiger partial charge in [0.05, 0.1) is 13.0 Å². The van der Waals surface area contributed by atoms with Gasteiger partial charge in [-0.3, -0.25) is 9.59 Å². The van der Waals surface area contributed by atoms with Crippen LogP contribution in [0.25, 0.3) is 6.08 Å². The van der Waals surface area contributed by atoms with Gasteiger partial charge in [-0.2, -0.15) is 0 Å². The number of carbonyl (C=O) groups excluding carboxylic acids is 2. The maximum atomic E-state index is 13.4. The number of halogens is 1. The van der Waals surface area contributed by atoms with Crippen molar-refractivity contribution in [2.75, 3.05) is 4.90 Å². The zero-order valence-corrected chi connectivity index (χ0v) is 19.8. The van der Waals surface area contributed by atoms with Crippen LogP contribution in [0.1, 0.15) is 22.3 Å². The number of rotatable bonds is 9. The van der Waals surface area contributed by atoms with Crippen LogP contribution in [0.5, 0.6) is 0 Å². The van der Waals surface area contributed by atoms with E-state index >= 15 is 0 Å². The van der Waals surface area contributed by atoms with E-state index in [1.807, 2.05) is 84.9 Å². The van der Waals surface area contributed by atoms with Crippen LogP contribution < -0.4 is 10.2 Å². The Morgan fingerprint density at radius 2 is 1.42 bits per heavy atom. The fraction of sp³-hybridized carbons (Fsp3) is 0.0968. The zero-order valence-electron chi connectivity index (χ0n) is 19.8. The first kappa shape index (κ1) is 24.6. The molecular weight excluding hydrogens is 451 g/mol. The molecule has 0 bridgehead atoms. The lowest BCUT2D eigenvalue weighted by molar-refractivity contribution is -0.120. The summed E-state index contributed by atoms with van der Waals surface area (Å²) in [5.41, 5.74) is 4.19. The Kier molecular flexibility index (Phi) is 8.39. The number of anilines is 1. The summed E-state index contributed by atoms with van der Waals surface area (Å²) < 4.78 is 13.4. The number of nitrogens with one attached hydrogen (secondary N) is 1. The van der Waals surface area contributed by atoms with E-state index in [4.69, 9.17) is 0 Å². The molecule has 0 aliphatic carbocycles. The van der Waals surface area contributed by atoms with E-state index in [-0.39, 0.29) is 30.6 Å². The van der Waals surface area contributed by atoms with Crippen LogP contribution in [0.4, 0.5) is 10.1 Å². The molecule has 4 nitrogen and oxygen atoms in total. The molecule has 4 aromatic rings. The van der Waals surface area contributed by atoms with Gasteiger partial charge in [0.25, 0.3) is 5.91 Å². The van der Waals surface area contributed by atoms with Crippen LogP contribution in [-0.2, 0) is 29.1 Å². The summed E-state index contributed by atoms with van der Waals surface area (Å²) in [4.78, 5) is 27.4. The number of nitrogens with zero attached hydrogens (tertiary/aromatic N) is 1. The monoisotopic (exact) mass is 478 g/mol. The van der Waals surface area contributed by atoms with E-state index < -0.39 is 0 Å². The van der Waals surface area contributed by atoms with Crippen LogP contribution >= 0.6 is 0 Å². The van der Waals surface area contributed by atoms with Crippen LogP contribution in [0.3, 0.4) is 0 Å². The van der Waals surface area contributed by atoms with Gasteiger partial charge in [0.15, 0.2) is 0 Å². The Morgan fingerprint density at radius 3 is 2.14 bits per heavy atom. The lowest BCUT2D eigenvalue weighted by atomic mass is 10.1. The summed E-state index contributed by atoms with van der Waals surface area (Å²) in [5.74, 6) is -0.644. The molecule has 36 heavy (non-hydrogen) atoms. The lowest BCUT2D eigenvalue weighted by Crippen LogP contribution is -2.29. The van der Waals surface area contributed by atoms with Crippen molar-refractivity contribution in [2.45, 2.75) is 19.5 Å². The molecule has 5 heteroatoms. The van der Waals surface area contributed by atoms with Gasteiger partial charge in [-0.15, -0.1) is 0 Å². The molecule has 0 fully saturated rings. The van der Waals surface area contributed by atoms with Crippen molar-refractivity contribution in [3.8, 4) is 0 Å². The van der Waals surface area contributed by atoms with Crippen molar-refractivity contribution in [3.05, 3.63) is 143 Å². The highest BCUT2D eigenvalue weighted by atomic mass is 19.1. The Bertz CT molecular complexity index is 1320. The van der Waals surface area contributed by atoms with E-state index in [1.54, 1.807) is 23.1 Å². The molecule has 0 aliphatic heterocycles. The molecule has 0 unspecified atom stereocenters. The molecule has 4 aromatic carbocycles. The minimum Gasteiger partial charge on any atom is -0.352 e. The van der Waals surface area contributed by atoms with Crippen LogP contribution in [-0.4, -0.2) is 11.8 Å². The highest BCUT2D eigenvalue weighted by Crippen LogP contribution is 2.21. The summed E-state index contributed by atoms with van der Waals surface area (Å²) in [6, 6.07) is 32.8. The number of hydrogen-bond donors (Lipinski definition) is 1. The largest absolute Gasteiger partial charge is 0.352 e. The lowest BCUT2D eigenvalue weighted by Gasteiger charge is -2.22. The van der Waals surface area contributed by atoms with Crippen molar-refractivity contribution in [1.82, 2.24) is 5.32 Å². The SMILES string of the molecule is O=C(Cc1cccc(N(Cc2ccc(F)cc2)C(=O)/C=C/c2ccccc2)c1)NCc1ccccc1. The minimum atomic E-state index is -0.330. The molecule has 1 N–H and O–H groups in total. The summed E-state index contributed by atoms with van der Waals surface area (Å²) >= 11 is 0. The van der Waals surface area contributed by atoms with E-state index in [0.29, 0.717) is 12.2 Å². The van der Waals surface area contributed by atoms with E-state index in [1.165, 1.54) is 18.2 Å². The van der Waals surface area contributed by atoms with Gasteiger partial charge < -0.3 is 10.2 Å². The van der Waals surface area contributed by atoms with Gasteiger partial charge >= 0.3 is 0 Å². The molecule has 0 spiro atoms. The Hall–Kier alpha value is -4.51. The highest BCUT2D eigenvalue weighted by Gasteiger charge is 2.15. The molecule has 0 aromatic heterocycles. The van der Waals surface area contributed by atoms with Crippen molar-refractivity contribution in [1.29, 1.82) is 0 Å². The average Bonchev–Trinajstić information content (AvgIpc) is 2.91. The van der Waals surface area contributed by atoms with Crippen molar-refractivity contribution >= 4 is 23.6 Å². The Morgan fingerprint density at radius 1 is 0.750 bits per heavy atom. The number of amides is 2. The third-order valence-electron chi connectivity index (χ3n) is 5.66. The average molecular weight is 479 g/mol. The molecule has 0 saturated carbocycles. The van der Waals surface area contributed by atoms with E-state index in [9.17, 15) is 14.0 Å². The van der Waals surface area contributed by atoms with Gasteiger partial charge in [0.1, 0.15) is 5.82 Å². The normalized spacial score (nSPS) is 10.8. The quantitative estimate of drug-likeness (QED) is 0.303. The van der Waals surface area contributed by atoms with Gasteiger partial charge in [-0.05, 0) is 52.6 Å². The molecule has 2 amide bonds. The third kappa shape index (κ3) is 7.24. The summed E-state index contributed by atoms with van der Waals surface area (Å²) in [5, 5.41) is 2.94. The van der Waals surface area contributed by atoms with Gasteiger partial charge in [0.2, 0.25) is 5.91 Å². The van der Waals surface area contributed by atoms with Crippen molar-refractivity contribution in [2.24, 2.45) is 0 Å². The summed E-state index contributed by atoms with van der Waals surface area (Å²) in [6.45, 7) is 0.723. The maximum Gasteiger partial charge on any atom is 0.251 e. The molecule has 0 radical (unpaired) electrons. The standard InChI is InChI=1S/C31H27FN2O2/c32-28-17-14-26(15-18-28)23-34(31(36)19-16-24-8-3-1-4-9-24)29-13-7-12-27(20-29)21-30(35)33-22-25-10-5-2-6-11-25/h1-20H,21-23H2,(H,33,35)/b19-16+. The van der Waals surface area contributed by atoms with Crippen LogP contribution in [0.2, 0.25) is 0 Å². The smallest absolute Gasteiger partial charge is 0.251 e. The molecule has 4 rings (SSSR count). The summed E-state index contributed by atoms with van der Waals surface area (Å²) in [6.07, 6.45) is 3.48. The predicted molar refractivity (Wildman–Crippen MR) is 142 cm³/mol. The van der Waals surface area contributed by atoms with E-state index in [2.05, 4.69) is 5.32 Å². The van der Waals surface area contributed by atoms with Gasteiger partial charge in [-0.1, -0.05) is 84.9 Å². The minimum absolute atomic E-state index is 0.101. The Balaban J connectivity index is 1.51. The Labute approximate surface area is 210 Å². The van der Waals surface area contributed by atoms with Gasteiger partial charge in [0, 0.05) is 18.3 Å². The van der Waals surface area contributed by atoms with Gasteiger partial charge in [-0.25, -0.2) is 4.39 Å². The highest BCUT2D eigenvalue weighted by molar-refractivity contribution is 6.03. The second kappa shape index (κ2) is 12.3. The first-order chi connectivity index (χ1) is 17.6. The first-order valence-electron chi connectivity index (χ1n) is 11.8. The molecule has 0 saturated heterocycles. The third-order valence-corrected chi connectivity index (χ3v) is 5.66. The fourth-order valence-corrected chi connectivity index (χ4v) is 3.77. The van der Waals surface area contributed by atoms with Crippen LogP contribution in [0.15, 0.2) is 115 Å². The first-order valence-corrected chi connectivity index (χ1v) is 11.8. The molecular formula is C31H27FN2O2. The zero-order chi connectivity index (χ0) is 25.2. The molecule has 0 aliphatic rings. The predicted octanol–water partition coefficient (Wildman–Crippen LogP) is 5.93. The van der Waals surface area contributed by atoms with E-state index in [0.717, 1.165) is 22.3 Å². The van der Waals surface area contributed by atoms with Crippen molar-refractivity contribution < 1.29 is 14.0 Å². The maximum absolute atomic E-state index is 13.4. The number of carbonyl (C=O) groups is 2. The second-order valence-corrected chi connectivity index (χ2v) is 8.40. The molecule has 0 heterocycles. The molecule has 180 valence electrons. The van der Waals surface area contributed by atoms with Crippen LogP contribution in [0, 0.1) is 5.82 Å².